The van der Waals surface area contributed by atoms with E-state index in [0.29, 0.717) is 11.3 Å². The van der Waals surface area contributed by atoms with E-state index in [1.807, 2.05) is 24.3 Å². The second-order valence-corrected chi connectivity index (χ2v) is 11.9. The lowest BCUT2D eigenvalue weighted by molar-refractivity contribution is 1.13. The first-order valence-electron chi connectivity index (χ1n) is 14.0. The van der Waals surface area contributed by atoms with Gasteiger partial charge in [-0.1, -0.05) is 60.7 Å². The van der Waals surface area contributed by atoms with E-state index in [2.05, 4.69) is 117 Å². The fourth-order valence-corrected chi connectivity index (χ4v) is 7.95. The highest BCUT2D eigenvalue weighted by molar-refractivity contribution is 7.26. The number of thiophene rings is 1. The number of nitrogens with zero attached hydrogens (tertiary/aromatic N) is 4. The van der Waals surface area contributed by atoms with E-state index in [1.165, 1.54) is 25.6 Å². The van der Waals surface area contributed by atoms with Gasteiger partial charge in [0.15, 0.2) is 5.69 Å². The predicted molar refractivity (Wildman–Crippen MR) is 179 cm³/mol. The zero-order valence-corrected chi connectivity index (χ0v) is 23.6. The zero-order chi connectivity index (χ0) is 28.7. The van der Waals surface area contributed by atoms with Crippen LogP contribution in [0.1, 0.15) is 5.56 Å². The molecule has 0 unspecified atom stereocenters. The molecule has 4 nitrogen and oxygen atoms in total. The summed E-state index contributed by atoms with van der Waals surface area (Å²) in [5, 5.41) is 16.6. The summed E-state index contributed by atoms with van der Waals surface area (Å²) in [6, 6.07) is 44.4. The Kier molecular flexibility index (Phi) is 4.87. The molecule has 0 atom stereocenters. The Hall–Kier alpha value is -5.88. The van der Waals surface area contributed by atoms with Gasteiger partial charge in [-0.25, -0.2) is 4.85 Å². The molecule has 0 saturated heterocycles. The molecule has 6 aromatic carbocycles. The number of fused-ring (bicyclic) bond motifs is 10. The summed E-state index contributed by atoms with van der Waals surface area (Å²) in [5.74, 6) is 0. The van der Waals surface area contributed by atoms with Crippen LogP contribution < -0.4 is 0 Å². The van der Waals surface area contributed by atoms with Gasteiger partial charge in [0.2, 0.25) is 0 Å². The number of hydrogen-bond acceptors (Lipinski definition) is 2. The van der Waals surface area contributed by atoms with Crippen LogP contribution in [0.25, 0.3) is 80.0 Å². The smallest absolute Gasteiger partial charge is 0.187 e. The van der Waals surface area contributed by atoms with Crippen LogP contribution in [0.15, 0.2) is 121 Å². The number of para-hydroxylation sites is 2. The van der Waals surface area contributed by atoms with Crippen LogP contribution in [0.2, 0.25) is 0 Å². The van der Waals surface area contributed by atoms with E-state index >= 15 is 0 Å². The highest BCUT2D eigenvalue weighted by atomic mass is 32.1. The van der Waals surface area contributed by atoms with E-state index in [-0.39, 0.29) is 0 Å². The van der Waals surface area contributed by atoms with E-state index < -0.39 is 0 Å². The van der Waals surface area contributed by atoms with Crippen LogP contribution >= 0.6 is 11.3 Å². The normalized spacial score (nSPS) is 11.7. The van der Waals surface area contributed by atoms with Gasteiger partial charge in [0, 0.05) is 42.3 Å². The number of aromatic nitrogens is 2. The molecule has 0 aliphatic carbocycles. The molecule has 0 aliphatic rings. The third-order valence-electron chi connectivity index (χ3n) is 8.53. The second-order valence-electron chi connectivity index (χ2n) is 10.8. The van der Waals surface area contributed by atoms with Gasteiger partial charge in [-0.15, -0.1) is 11.3 Å². The van der Waals surface area contributed by atoms with Crippen molar-refractivity contribution in [1.82, 2.24) is 9.13 Å². The van der Waals surface area contributed by atoms with Crippen molar-refractivity contribution in [2.24, 2.45) is 0 Å². The average Bonchev–Trinajstić information content (AvgIpc) is 3.71. The molecule has 0 amide bonds. The number of hydrogen-bond donors (Lipinski definition) is 0. The molecule has 0 aliphatic heterocycles. The van der Waals surface area contributed by atoms with Crippen molar-refractivity contribution in [2.75, 3.05) is 0 Å². The maximum atomic E-state index is 9.57. The quantitative estimate of drug-likeness (QED) is 0.192. The second kappa shape index (κ2) is 8.81. The first kappa shape index (κ1) is 23.8. The molecule has 9 aromatic rings. The van der Waals surface area contributed by atoms with Gasteiger partial charge >= 0.3 is 0 Å². The molecule has 0 fully saturated rings. The molecule has 0 N–H and O–H groups in total. The van der Waals surface area contributed by atoms with Crippen LogP contribution in [-0.2, 0) is 0 Å². The number of nitriles is 1. The third-order valence-corrected chi connectivity index (χ3v) is 9.74. The minimum absolute atomic E-state index is 0.660. The topological polar surface area (TPSA) is 38.0 Å². The Morgan fingerprint density at radius 3 is 2.07 bits per heavy atom. The fraction of sp³-hybridized carbons (Fsp3) is 0. The van der Waals surface area contributed by atoms with Crippen LogP contribution in [0.4, 0.5) is 5.69 Å². The summed E-state index contributed by atoms with van der Waals surface area (Å²) in [5.41, 5.74) is 7.97. The highest BCUT2D eigenvalue weighted by Gasteiger charge is 2.19. The van der Waals surface area contributed by atoms with E-state index in [4.69, 9.17) is 6.57 Å². The Labute approximate surface area is 250 Å². The Morgan fingerprint density at radius 1 is 0.581 bits per heavy atom. The van der Waals surface area contributed by atoms with Crippen molar-refractivity contribution in [1.29, 1.82) is 5.26 Å². The van der Waals surface area contributed by atoms with E-state index in [9.17, 15) is 5.26 Å². The lowest BCUT2D eigenvalue weighted by atomic mass is 10.1. The molecule has 3 aromatic heterocycles. The summed E-state index contributed by atoms with van der Waals surface area (Å²) in [6.45, 7) is 7.50. The summed E-state index contributed by atoms with van der Waals surface area (Å²) < 4.78 is 7.10. The zero-order valence-electron chi connectivity index (χ0n) is 22.7. The van der Waals surface area contributed by atoms with Gasteiger partial charge in [-0.05, 0) is 71.4 Å². The molecule has 43 heavy (non-hydrogen) atoms. The van der Waals surface area contributed by atoms with Gasteiger partial charge in [-0.3, -0.25) is 0 Å². The van der Waals surface area contributed by atoms with Crippen molar-refractivity contribution in [3.05, 3.63) is 138 Å². The van der Waals surface area contributed by atoms with Crippen molar-refractivity contribution in [3.8, 4) is 17.4 Å². The minimum atomic E-state index is 0.660. The van der Waals surface area contributed by atoms with Gasteiger partial charge in [0.1, 0.15) is 0 Å². The molecule has 5 heteroatoms. The molecule has 3 heterocycles. The monoisotopic (exact) mass is 564 g/mol. The summed E-state index contributed by atoms with van der Waals surface area (Å²) in [7, 11) is 0. The Balaban J connectivity index is 1.34. The Bertz CT molecular complexity index is 2710. The molecular formula is C38H20N4S. The van der Waals surface area contributed by atoms with Gasteiger partial charge in [0.25, 0.3) is 0 Å². The van der Waals surface area contributed by atoms with Gasteiger partial charge < -0.3 is 9.13 Å². The lowest BCUT2D eigenvalue weighted by Gasteiger charge is -2.13. The fourth-order valence-electron chi connectivity index (χ4n) is 6.71. The maximum Gasteiger partial charge on any atom is 0.187 e. The van der Waals surface area contributed by atoms with E-state index in [0.717, 1.165) is 49.6 Å². The molecule has 198 valence electrons. The standard InChI is InChI=1S/C38H20N4S/c1-40-24-14-18-36-31(20-24)28-15-17-35-37(38(28)43-36)29-10-3-5-12-33(29)42(35)26-8-6-7-25(21-26)41-32-11-4-2-9-27(32)30-19-23(22-39)13-16-34(30)41/h2-21H. The first-order chi connectivity index (χ1) is 21.2. The van der Waals surface area contributed by atoms with Gasteiger partial charge in [0.05, 0.1) is 40.3 Å². The Morgan fingerprint density at radius 2 is 1.28 bits per heavy atom. The summed E-state index contributed by atoms with van der Waals surface area (Å²) in [4.78, 5) is 3.67. The van der Waals surface area contributed by atoms with Crippen molar-refractivity contribution < 1.29 is 0 Å². The van der Waals surface area contributed by atoms with Crippen molar-refractivity contribution in [2.45, 2.75) is 0 Å². The largest absolute Gasteiger partial charge is 0.309 e. The van der Waals surface area contributed by atoms with E-state index in [1.54, 1.807) is 11.3 Å². The van der Waals surface area contributed by atoms with Crippen LogP contribution in [0, 0.1) is 17.9 Å². The lowest BCUT2D eigenvalue weighted by Crippen LogP contribution is -1.98. The molecular weight excluding hydrogens is 545 g/mol. The minimum Gasteiger partial charge on any atom is -0.309 e. The van der Waals surface area contributed by atoms with Crippen LogP contribution in [0.5, 0.6) is 0 Å². The van der Waals surface area contributed by atoms with Crippen LogP contribution in [-0.4, -0.2) is 9.13 Å². The number of rotatable bonds is 2. The maximum absolute atomic E-state index is 9.57. The molecule has 0 bridgehead atoms. The summed E-state index contributed by atoms with van der Waals surface area (Å²) in [6.07, 6.45) is 0. The third kappa shape index (κ3) is 3.29. The summed E-state index contributed by atoms with van der Waals surface area (Å²) >= 11 is 1.80. The molecule has 0 saturated carbocycles. The van der Waals surface area contributed by atoms with Gasteiger partial charge in [-0.2, -0.15) is 5.26 Å². The molecule has 0 spiro atoms. The van der Waals surface area contributed by atoms with Crippen LogP contribution in [0.3, 0.4) is 0 Å². The first-order valence-corrected chi connectivity index (χ1v) is 14.9. The predicted octanol–water partition coefficient (Wildman–Crippen LogP) is 10.7. The highest BCUT2D eigenvalue weighted by Crippen LogP contribution is 2.44. The molecule has 9 rings (SSSR count). The molecule has 0 radical (unpaired) electrons. The number of benzene rings is 6. The van der Waals surface area contributed by atoms with Crippen molar-refractivity contribution in [3.63, 3.8) is 0 Å². The average molecular weight is 565 g/mol. The SMILES string of the molecule is [C-]#[N+]c1ccc2sc3c(ccc4c3c3ccccc3n4-c3cccc(-n4c5ccccc5c5cc(C#N)ccc54)c3)c2c1. The van der Waals surface area contributed by atoms with Crippen molar-refractivity contribution >= 4 is 80.8 Å².